The predicted octanol–water partition coefficient (Wildman–Crippen LogP) is 4.52. The molecular formula is C19H15N3O. The third-order valence-electron chi connectivity index (χ3n) is 3.80. The van der Waals surface area contributed by atoms with Crippen LogP contribution in [0.15, 0.2) is 73.4 Å². The summed E-state index contributed by atoms with van der Waals surface area (Å²) in [6.45, 7) is 2.04. The van der Waals surface area contributed by atoms with E-state index in [1.54, 1.807) is 18.7 Å². The van der Waals surface area contributed by atoms with Crippen LogP contribution in [0.3, 0.4) is 0 Å². The third-order valence-corrected chi connectivity index (χ3v) is 3.80. The molecule has 2 aromatic heterocycles. The van der Waals surface area contributed by atoms with Crippen LogP contribution < -0.4 is 4.74 Å². The average molecular weight is 301 g/mol. The summed E-state index contributed by atoms with van der Waals surface area (Å²) < 4.78 is 8.05. The minimum Gasteiger partial charge on any atom is -0.456 e. The highest BCUT2D eigenvalue weighted by molar-refractivity contribution is 5.86. The van der Waals surface area contributed by atoms with Crippen molar-refractivity contribution in [2.75, 3.05) is 0 Å². The van der Waals surface area contributed by atoms with Crippen LogP contribution in [0, 0.1) is 6.92 Å². The highest BCUT2D eigenvalue weighted by Gasteiger charge is 2.07. The quantitative estimate of drug-likeness (QED) is 0.558. The Balaban J connectivity index is 1.78. The molecule has 0 aliphatic carbocycles. The number of imidazole rings is 1. The fraction of sp³-hybridized carbons (Fsp3) is 0.0526. The van der Waals surface area contributed by atoms with E-state index < -0.39 is 0 Å². The molecule has 4 rings (SSSR count). The van der Waals surface area contributed by atoms with Crippen LogP contribution in [0.2, 0.25) is 0 Å². The number of hydrogen-bond donors (Lipinski definition) is 0. The standard InChI is InChI=1S/C19H15N3O/c1-14-4-2-3-5-18(14)23-19-8-9-21-17-12-15(6-7-16(17)19)22-11-10-20-13-22/h2-13H,1H3. The summed E-state index contributed by atoms with van der Waals surface area (Å²) in [6, 6.07) is 16.0. The number of ether oxygens (including phenoxy) is 1. The van der Waals surface area contributed by atoms with Crippen molar-refractivity contribution in [3.05, 3.63) is 79.0 Å². The number of nitrogens with zero attached hydrogens (tertiary/aromatic N) is 3. The Bertz CT molecular complexity index is 961. The fourth-order valence-corrected chi connectivity index (χ4v) is 2.56. The maximum Gasteiger partial charge on any atom is 0.138 e. The van der Waals surface area contributed by atoms with E-state index >= 15 is 0 Å². The Morgan fingerprint density at radius 2 is 1.87 bits per heavy atom. The van der Waals surface area contributed by atoms with Gasteiger partial charge < -0.3 is 9.30 Å². The van der Waals surface area contributed by atoms with Crippen LogP contribution in [-0.2, 0) is 0 Å². The molecule has 2 aromatic carbocycles. The second kappa shape index (κ2) is 5.57. The van der Waals surface area contributed by atoms with Crippen molar-refractivity contribution in [1.82, 2.24) is 14.5 Å². The molecule has 0 fully saturated rings. The number of hydrogen-bond acceptors (Lipinski definition) is 3. The molecule has 0 spiro atoms. The van der Waals surface area contributed by atoms with Crippen LogP contribution >= 0.6 is 0 Å². The second-order valence-corrected chi connectivity index (χ2v) is 5.35. The van der Waals surface area contributed by atoms with Gasteiger partial charge in [-0.1, -0.05) is 18.2 Å². The summed E-state index contributed by atoms with van der Waals surface area (Å²) in [6.07, 6.45) is 7.21. The maximum absolute atomic E-state index is 6.09. The molecule has 0 bridgehead atoms. The van der Waals surface area contributed by atoms with Crippen molar-refractivity contribution in [3.8, 4) is 17.2 Å². The molecule has 0 radical (unpaired) electrons. The van der Waals surface area contributed by atoms with E-state index in [0.717, 1.165) is 33.7 Å². The van der Waals surface area contributed by atoms with E-state index in [9.17, 15) is 0 Å². The number of pyridine rings is 1. The first-order valence-corrected chi connectivity index (χ1v) is 7.42. The van der Waals surface area contributed by atoms with Gasteiger partial charge in [-0.2, -0.15) is 0 Å². The number of fused-ring (bicyclic) bond motifs is 1. The highest BCUT2D eigenvalue weighted by Crippen LogP contribution is 2.31. The number of benzene rings is 2. The molecular weight excluding hydrogens is 286 g/mol. The van der Waals surface area contributed by atoms with E-state index in [0.29, 0.717) is 0 Å². The van der Waals surface area contributed by atoms with Crippen molar-refractivity contribution in [1.29, 1.82) is 0 Å². The Labute approximate surface area is 134 Å². The first kappa shape index (κ1) is 13.5. The average Bonchev–Trinajstić information content (AvgIpc) is 3.11. The summed E-state index contributed by atoms with van der Waals surface area (Å²) in [5.74, 6) is 1.67. The fourth-order valence-electron chi connectivity index (χ4n) is 2.56. The molecule has 0 unspecified atom stereocenters. The van der Waals surface area contributed by atoms with Gasteiger partial charge >= 0.3 is 0 Å². The van der Waals surface area contributed by atoms with Crippen LogP contribution in [-0.4, -0.2) is 14.5 Å². The normalized spacial score (nSPS) is 10.8. The zero-order chi connectivity index (χ0) is 15.6. The molecule has 0 aliphatic heterocycles. The predicted molar refractivity (Wildman–Crippen MR) is 90.1 cm³/mol. The van der Waals surface area contributed by atoms with Gasteiger partial charge in [0.2, 0.25) is 0 Å². The van der Waals surface area contributed by atoms with Gasteiger partial charge in [0.25, 0.3) is 0 Å². The lowest BCUT2D eigenvalue weighted by Gasteiger charge is -2.11. The Kier molecular flexibility index (Phi) is 3.27. The van der Waals surface area contributed by atoms with Crippen molar-refractivity contribution in [3.63, 3.8) is 0 Å². The van der Waals surface area contributed by atoms with Crippen LogP contribution in [0.1, 0.15) is 5.56 Å². The van der Waals surface area contributed by atoms with Crippen LogP contribution in [0.4, 0.5) is 0 Å². The molecule has 0 saturated carbocycles. The lowest BCUT2D eigenvalue weighted by atomic mass is 10.1. The molecule has 0 N–H and O–H groups in total. The van der Waals surface area contributed by atoms with Crippen LogP contribution in [0.5, 0.6) is 11.5 Å². The molecule has 112 valence electrons. The van der Waals surface area contributed by atoms with Crippen molar-refractivity contribution >= 4 is 10.9 Å². The number of para-hydroxylation sites is 1. The van der Waals surface area contributed by atoms with Gasteiger partial charge in [0, 0.05) is 29.7 Å². The molecule has 0 amide bonds. The minimum atomic E-state index is 0.807. The SMILES string of the molecule is Cc1ccccc1Oc1ccnc2cc(-n3ccnc3)ccc12. The van der Waals surface area contributed by atoms with E-state index in [-0.39, 0.29) is 0 Å². The smallest absolute Gasteiger partial charge is 0.138 e. The molecule has 4 heteroatoms. The zero-order valence-electron chi connectivity index (χ0n) is 12.7. The van der Waals surface area contributed by atoms with Crippen LogP contribution in [0.25, 0.3) is 16.6 Å². The summed E-state index contributed by atoms with van der Waals surface area (Å²) in [7, 11) is 0. The van der Waals surface area contributed by atoms with Crippen molar-refractivity contribution in [2.24, 2.45) is 0 Å². The van der Waals surface area contributed by atoms with Gasteiger partial charge in [-0.25, -0.2) is 4.98 Å². The molecule has 0 saturated heterocycles. The van der Waals surface area contributed by atoms with E-state index in [2.05, 4.69) is 9.97 Å². The number of aryl methyl sites for hydroxylation is 1. The Hall–Kier alpha value is -3.14. The zero-order valence-corrected chi connectivity index (χ0v) is 12.7. The molecule has 4 nitrogen and oxygen atoms in total. The monoisotopic (exact) mass is 301 g/mol. The maximum atomic E-state index is 6.09. The van der Waals surface area contributed by atoms with Crippen molar-refractivity contribution < 1.29 is 4.74 Å². The topological polar surface area (TPSA) is 39.9 Å². The lowest BCUT2D eigenvalue weighted by molar-refractivity contribution is 0.484. The summed E-state index contributed by atoms with van der Waals surface area (Å²) >= 11 is 0. The van der Waals surface area contributed by atoms with Gasteiger partial charge in [-0.05, 0) is 42.8 Å². The first-order chi connectivity index (χ1) is 11.3. The van der Waals surface area contributed by atoms with Gasteiger partial charge in [0.1, 0.15) is 11.5 Å². The molecule has 0 aliphatic rings. The summed E-state index contributed by atoms with van der Waals surface area (Å²) in [4.78, 5) is 8.54. The van der Waals surface area contributed by atoms with Gasteiger partial charge in [0.05, 0.1) is 11.8 Å². The van der Waals surface area contributed by atoms with E-state index in [1.165, 1.54) is 0 Å². The van der Waals surface area contributed by atoms with E-state index in [1.807, 2.05) is 66.2 Å². The Morgan fingerprint density at radius 1 is 0.957 bits per heavy atom. The first-order valence-electron chi connectivity index (χ1n) is 7.42. The van der Waals surface area contributed by atoms with Gasteiger partial charge in [-0.15, -0.1) is 0 Å². The minimum absolute atomic E-state index is 0.807. The van der Waals surface area contributed by atoms with E-state index in [4.69, 9.17) is 4.74 Å². The Morgan fingerprint density at radius 3 is 2.70 bits per heavy atom. The molecule has 0 atom stereocenters. The molecule has 2 heterocycles. The number of rotatable bonds is 3. The number of aromatic nitrogens is 3. The van der Waals surface area contributed by atoms with Crippen molar-refractivity contribution in [2.45, 2.75) is 6.92 Å². The van der Waals surface area contributed by atoms with Gasteiger partial charge in [-0.3, -0.25) is 4.98 Å². The summed E-state index contributed by atoms with van der Waals surface area (Å²) in [5.41, 5.74) is 3.02. The molecule has 4 aromatic rings. The largest absolute Gasteiger partial charge is 0.456 e. The summed E-state index contributed by atoms with van der Waals surface area (Å²) in [5, 5.41) is 0.986. The molecule has 23 heavy (non-hydrogen) atoms. The second-order valence-electron chi connectivity index (χ2n) is 5.35. The lowest BCUT2D eigenvalue weighted by Crippen LogP contribution is -1.93. The van der Waals surface area contributed by atoms with Gasteiger partial charge in [0.15, 0.2) is 0 Å². The third kappa shape index (κ3) is 2.55. The highest BCUT2D eigenvalue weighted by atomic mass is 16.5.